The van der Waals surface area contributed by atoms with E-state index in [-0.39, 0.29) is 0 Å². The van der Waals surface area contributed by atoms with Crippen LogP contribution in [0.2, 0.25) is 0 Å². The molecule has 1 aromatic heterocycles. The van der Waals surface area contributed by atoms with E-state index >= 15 is 0 Å². The molecule has 3 heteroatoms. The summed E-state index contributed by atoms with van der Waals surface area (Å²) >= 11 is 0. The van der Waals surface area contributed by atoms with E-state index in [1.54, 1.807) is 6.26 Å². The van der Waals surface area contributed by atoms with E-state index in [9.17, 15) is 0 Å². The molecule has 0 saturated carbocycles. The first-order chi connectivity index (χ1) is 11.7. The van der Waals surface area contributed by atoms with Gasteiger partial charge < -0.3 is 9.15 Å². The molecule has 0 amide bonds. The maximum atomic E-state index is 5.86. The second-order valence-electron chi connectivity index (χ2n) is 5.90. The molecule has 0 aliphatic heterocycles. The lowest BCUT2D eigenvalue weighted by atomic mass is 10.1. The minimum Gasteiger partial charge on any atom is -0.489 e. The summed E-state index contributed by atoms with van der Waals surface area (Å²) in [5.41, 5.74) is 4.75. The summed E-state index contributed by atoms with van der Waals surface area (Å²) in [6.07, 6.45) is 3.50. The lowest BCUT2D eigenvalue weighted by Gasteiger charge is -2.08. The number of rotatable bonds is 6. The molecule has 0 unspecified atom stereocenters. The van der Waals surface area contributed by atoms with E-state index in [2.05, 4.69) is 37.0 Å². The molecule has 0 atom stereocenters. The molecule has 3 rings (SSSR count). The van der Waals surface area contributed by atoms with Crippen LogP contribution in [-0.4, -0.2) is 6.21 Å². The van der Waals surface area contributed by atoms with Gasteiger partial charge in [0.25, 0.3) is 0 Å². The third kappa shape index (κ3) is 4.59. The first-order valence-corrected chi connectivity index (χ1v) is 8.01. The molecule has 3 nitrogen and oxygen atoms in total. The topological polar surface area (TPSA) is 34.7 Å². The van der Waals surface area contributed by atoms with Gasteiger partial charge in [-0.05, 0) is 61.4 Å². The average molecular weight is 319 g/mol. The fourth-order valence-corrected chi connectivity index (χ4v) is 2.61. The Morgan fingerprint density at radius 2 is 1.75 bits per heavy atom. The number of hydrogen-bond acceptors (Lipinski definition) is 3. The van der Waals surface area contributed by atoms with Crippen molar-refractivity contribution in [1.29, 1.82) is 0 Å². The molecule has 122 valence electrons. The predicted octanol–water partition coefficient (Wildman–Crippen LogP) is 5.09. The standard InChI is InChI=1S/C21H21NO2/c1-16-10-17(2)12-19(11-16)15-24-20-7-5-18(6-8-20)13-22-14-21-4-3-9-23-21/h3-13H,14-15H2,1-2H3. The van der Waals surface area contributed by atoms with Gasteiger partial charge in [0.15, 0.2) is 0 Å². The van der Waals surface area contributed by atoms with Crippen molar-refractivity contribution in [2.45, 2.75) is 27.0 Å². The van der Waals surface area contributed by atoms with E-state index < -0.39 is 0 Å². The zero-order valence-corrected chi connectivity index (χ0v) is 14.0. The number of benzene rings is 2. The van der Waals surface area contributed by atoms with Crippen LogP contribution in [0.25, 0.3) is 0 Å². The van der Waals surface area contributed by atoms with E-state index in [1.807, 2.05) is 42.6 Å². The quantitative estimate of drug-likeness (QED) is 0.593. The first-order valence-electron chi connectivity index (χ1n) is 8.01. The van der Waals surface area contributed by atoms with Gasteiger partial charge in [0, 0.05) is 6.21 Å². The molecule has 0 bridgehead atoms. The number of aryl methyl sites for hydroxylation is 2. The van der Waals surface area contributed by atoms with Crippen molar-refractivity contribution in [3.05, 3.63) is 88.9 Å². The Balaban J connectivity index is 1.55. The monoisotopic (exact) mass is 319 g/mol. The van der Waals surface area contributed by atoms with E-state index in [0.29, 0.717) is 13.2 Å². The van der Waals surface area contributed by atoms with Crippen molar-refractivity contribution in [2.24, 2.45) is 4.99 Å². The van der Waals surface area contributed by atoms with Crippen LogP contribution in [0.4, 0.5) is 0 Å². The molecule has 0 spiro atoms. The van der Waals surface area contributed by atoms with Crippen LogP contribution >= 0.6 is 0 Å². The maximum absolute atomic E-state index is 5.86. The molecule has 0 N–H and O–H groups in total. The molecule has 0 aliphatic rings. The Bertz CT molecular complexity index is 782. The van der Waals surface area contributed by atoms with Crippen LogP contribution in [0.3, 0.4) is 0 Å². The van der Waals surface area contributed by atoms with Gasteiger partial charge in [-0.25, -0.2) is 0 Å². The zero-order valence-electron chi connectivity index (χ0n) is 14.0. The third-order valence-electron chi connectivity index (χ3n) is 3.63. The minimum atomic E-state index is 0.554. The molecule has 0 saturated heterocycles. The van der Waals surface area contributed by atoms with E-state index in [4.69, 9.17) is 9.15 Å². The molecule has 2 aromatic carbocycles. The van der Waals surface area contributed by atoms with Gasteiger partial charge in [0.05, 0.1) is 12.8 Å². The van der Waals surface area contributed by atoms with Gasteiger partial charge in [-0.2, -0.15) is 0 Å². The fourth-order valence-electron chi connectivity index (χ4n) is 2.61. The molecule has 0 radical (unpaired) electrons. The number of hydrogen-bond donors (Lipinski definition) is 0. The van der Waals surface area contributed by atoms with E-state index in [1.165, 1.54) is 16.7 Å². The smallest absolute Gasteiger partial charge is 0.125 e. The maximum Gasteiger partial charge on any atom is 0.125 e. The normalized spacial score (nSPS) is 11.1. The Morgan fingerprint density at radius 3 is 2.42 bits per heavy atom. The Kier molecular flexibility index (Phi) is 5.12. The summed E-state index contributed by atoms with van der Waals surface area (Å²) in [4.78, 5) is 4.37. The van der Waals surface area contributed by atoms with Crippen molar-refractivity contribution in [2.75, 3.05) is 0 Å². The molecule has 0 aliphatic carbocycles. The molecule has 1 heterocycles. The van der Waals surface area contributed by atoms with Crippen LogP contribution < -0.4 is 4.74 Å². The lowest BCUT2D eigenvalue weighted by Crippen LogP contribution is -1.96. The highest BCUT2D eigenvalue weighted by Gasteiger charge is 1.99. The summed E-state index contributed by atoms with van der Waals surface area (Å²) in [6.45, 7) is 5.34. The summed E-state index contributed by atoms with van der Waals surface area (Å²) in [6, 6.07) is 18.2. The van der Waals surface area contributed by atoms with E-state index in [0.717, 1.165) is 17.1 Å². The van der Waals surface area contributed by atoms with Crippen LogP contribution in [0.5, 0.6) is 5.75 Å². The Hall–Kier alpha value is -2.81. The lowest BCUT2D eigenvalue weighted by molar-refractivity contribution is 0.306. The van der Waals surface area contributed by atoms with Crippen molar-refractivity contribution in [1.82, 2.24) is 0 Å². The number of nitrogens with zero attached hydrogens (tertiary/aromatic N) is 1. The summed E-state index contributed by atoms with van der Waals surface area (Å²) in [7, 11) is 0. The van der Waals surface area contributed by atoms with Gasteiger partial charge in [-0.1, -0.05) is 29.3 Å². The average Bonchev–Trinajstić information content (AvgIpc) is 3.07. The highest BCUT2D eigenvalue weighted by Crippen LogP contribution is 2.15. The van der Waals surface area contributed by atoms with Gasteiger partial charge in [0.1, 0.15) is 18.1 Å². The Labute approximate surface area is 142 Å². The van der Waals surface area contributed by atoms with Crippen LogP contribution in [-0.2, 0) is 13.2 Å². The van der Waals surface area contributed by atoms with Crippen LogP contribution in [0.1, 0.15) is 28.0 Å². The minimum absolute atomic E-state index is 0.554. The summed E-state index contributed by atoms with van der Waals surface area (Å²) in [5, 5.41) is 0. The van der Waals surface area contributed by atoms with Crippen molar-refractivity contribution < 1.29 is 9.15 Å². The van der Waals surface area contributed by atoms with Gasteiger partial charge in [-0.15, -0.1) is 0 Å². The number of furan rings is 1. The highest BCUT2D eigenvalue weighted by molar-refractivity contribution is 5.79. The predicted molar refractivity (Wildman–Crippen MR) is 96.7 cm³/mol. The zero-order chi connectivity index (χ0) is 16.8. The number of aliphatic imine (C=N–C) groups is 1. The van der Waals surface area contributed by atoms with Gasteiger partial charge in [-0.3, -0.25) is 4.99 Å². The molecule has 3 aromatic rings. The molecular weight excluding hydrogens is 298 g/mol. The highest BCUT2D eigenvalue weighted by atomic mass is 16.5. The Morgan fingerprint density at radius 1 is 1.00 bits per heavy atom. The SMILES string of the molecule is Cc1cc(C)cc(COc2ccc(C=NCc3ccco3)cc2)c1. The van der Waals surface area contributed by atoms with Crippen molar-refractivity contribution >= 4 is 6.21 Å². The largest absolute Gasteiger partial charge is 0.489 e. The van der Waals surface area contributed by atoms with Gasteiger partial charge >= 0.3 is 0 Å². The first kappa shape index (κ1) is 16.1. The second kappa shape index (κ2) is 7.64. The fraction of sp³-hybridized carbons (Fsp3) is 0.190. The number of ether oxygens (including phenoxy) is 1. The van der Waals surface area contributed by atoms with Crippen molar-refractivity contribution in [3.63, 3.8) is 0 Å². The van der Waals surface area contributed by atoms with Crippen LogP contribution in [0.15, 0.2) is 70.3 Å². The molecular formula is C21H21NO2. The third-order valence-corrected chi connectivity index (χ3v) is 3.63. The van der Waals surface area contributed by atoms with Crippen LogP contribution in [0, 0.1) is 13.8 Å². The molecule has 0 fully saturated rings. The summed E-state index contributed by atoms with van der Waals surface area (Å²) < 4.78 is 11.1. The second-order valence-corrected chi connectivity index (χ2v) is 5.90. The van der Waals surface area contributed by atoms with Crippen molar-refractivity contribution in [3.8, 4) is 5.75 Å². The van der Waals surface area contributed by atoms with Gasteiger partial charge in [0.2, 0.25) is 0 Å². The molecule has 24 heavy (non-hydrogen) atoms. The summed E-state index contributed by atoms with van der Waals surface area (Å²) in [5.74, 6) is 1.72.